The monoisotopic (exact) mass is 294 g/mol. The molecule has 5 nitrogen and oxygen atoms in total. The normalized spacial score (nSPS) is 10.5. The van der Waals surface area contributed by atoms with Crippen LogP contribution in [0.5, 0.6) is 11.5 Å². The number of hydrogen-bond acceptors (Lipinski definition) is 4. The van der Waals surface area contributed by atoms with Crippen molar-refractivity contribution in [2.24, 2.45) is 5.73 Å². The maximum absolute atomic E-state index is 13.8. The SMILES string of the molecule is Cc1cc([N+](=O)[O-])ccc1Oc1c(F)cc(CN)cc1F. The first kappa shape index (κ1) is 14.9. The molecular weight excluding hydrogens is 282 g/mol. The minimum absolute atomic E-state index is 0.00464. The van der Waals surface area contributed by atoms with Crippen LogP contribution >= 0.6 is 0 Å². The highest BCUT2D eigenvalue weighted by molar-refractivity contribution is 5.45. The Morgan fingerprint density at radius 2 is 1.86 bits per heavy atom. The summed E-state index contributed by atoms with van der Waals surface area (Å²) in [5.74, 6) is -2.19. The second-order valence-corrected chi connectivity index (χ2v) is 4.40. The highest BCUT2D eigenvalue weighted by Crippen LogP contribution is 2.32. The Labute approximate surface area is 119 Å². The van der Waals surface area contributed by atoms with E-state index in [4.69, 9.17) is 10.5 Å². The standard InChI is InChI=1S/C14H12F2N2O3/c1-8-4-10(18(19)20)2-3-13(8)21-14-11(15)5-9(7-17)6-12(14)16/h2-6H,7,17H2,1H3. The fourth-order valence-corrected chi connectivity index (χ4v) is 1.80. The van der Waals surface area contributed by atoms with Gasteiger partial charge in [-0.2, -0.15) is 0 Å². The van der Waals surface area contributed by atoms with Gasteiger partial charge in [-0.15, -0.1) is 0 Å². The lowest BCUT2D eigenvalue weighted by molar-refractivity contribution is -0.384. The summed E-state index contributed by atoms with van der Waals surface area (Å²) in [7, 11) is 0. The molecule has 110 valence electrons. The van der Waals surface area contributed by atoms with Crippen molar-refractivity contribution < 1.29 is 18.4 Å². The van der Waals surface area contributed by atoms with Crippen LogP contribution in [0.1, 0.15) is 11.1 Å². The second-order valence-electron chi connectivity index (χ2n) is 4.40. The maximum Gasteiger partial charge on any atom is 0.269 e. The number of hydrogen-bond donors (Lipinski definition) is 1. The van der Waals surface area contributed by atoms with Gasteiger partial charge >= 0.3 is 0 Å². The Hall–Kier alpha value is -2.54. The lowest BCUT2D eigenvalue weighted by Gasteiger charge is -2.11. The van der Waals surface area contributed by atoms with Gasteiger partial charge in [0.15, 0.2) is 17.4 Å². The van der Waals surface area contributed by atoms with Gasteiger partial charge in [-0.05, 0) is 36.2 Å². The van der Waals surface area contributed by atoms with Gasteiger partial charge < -0.3 is 10.5 Å². The minimum atomic E-state index is -0.881. The van der Waals surface area contributed by atoms with E-state index in [-0.39, 0.29) is 18.0 Å². The van der Waals surface area contributed by atoms with Gasteiger partial charge in [-0.25, -0.2) is 8.78 Å². The van der Waals surface area contributed by atoms with Crippen molar-refractivity contribution in [3.63, 3.8) is 0 Å². The third kappa shape index (κ3) is 3.14. The summed E-state index contributed by atoms with van der Waals surface area (Å²) in [6, 6.07) is 5.92. The number of nitro benzene ring substituents is 1. The number of nitrogens with two attached hydrogens (primary N) is 1. The van der Waals surface area contributed by atoms with Crippen molar-refractivity contribution >= 4 is 5.69 Å². The molecule has 2 aromatic rings. The predicted octanol–water partition coefficient (Wildman–Crippen LogP) is 3.43. The predicted molar refractivity (Wildman–Crippen MR) is 72.2 cm³/mol. The molecule has 21 heavy (non-hydrogen) atoms. The van der Waals surface area contributed by atoms with Crippen molar-refractivity contribution in [2.75, 3.05) is 0 Å². The molecule has 0 amide bonds. The molecule has 2 aromatic carbocycles. The Balaban J connectivity index is 2.37. The summed E-state index contributed by atoms with van der Waals surface area (Å²) in [5, 5.41) is 10.6. The van der Waals surface area contributed by atoms with E-state index in [0.717, 1.165) is 12.1 Å². The van der Waals surface area contributed by atoms with E-state index in [1.54, 1.807) is 6.92 Å². The summed E-state index contributed by atoms with van der Waals surface area (Å²) in [6.45, 7) is 1.55. The topological polar surface area (TPSA) is 78.4 Å². The summed E-state index contributed by atoms with van der Waals surface area (Å²) < 4.78 is 32.8. The Kier molecular flexibility index (Phi) is 4.13. The molecule has 0 bridgehead atoms. The largest absolute Gasteiger partial charge is 0.451 e. The average molecular weight is 294 g/mol. The lowest BCUT2D eigenvalue weighted by atomic mass is 10.2. The van der Waals surface area contributed by atoms with Crippen LogP contribution in [-0.2, 0) is 6.54 Å². The molecular formula is C14H12F2N2O3. The molecule has 2 rings (SSSR count). The van der Waals surface area contributed by atoms with Crippen molar-refractivity contribution in [3.05, 3.63) is 63.2 Å². The third-order valence-corrected chi connectivity index (χ3v) is 2.88. The number of nitrogens with zero attached hydrogens (tertiary/aromatic N) is 1. The zero-order valence-corrected chi connectivity index (χ0v) is 11.1. The van der Waals surface area contributed by atoms with Crippen LogP contribution < -0.4 is 10.5 Å². The second kappa shape index (κ2) is 5.84. The molecule has 0 aromatic heterocycles. The number of rotatable bonds is 4. The maximum atomic E-state index is 13.8. The quantitative estimate of drug-likeness (QED) is 0.692. The Morgan fingerprint density at radius 3 is 2.33 bits per heavy atom. The van der Waals surface area contributed by atoms with Gasteiger partial charge in [-0.1, -0.05) is 0 Å². The fourth-order valence-electron chi connectivity index (χ4n) is 1.80. The number of benzene rings is 2. The van der Waals surface area contributed by atoms with Crippen LogP contribution in [0.4, 0.5) is 14.5 Å². The summed E-state index contributed by atoms with van der Waals surface area (Å²) >= 11 is 0. The number of halogens is 2. The first-order valence-electron chi connectivity index (χ1n) is 6.03. The smallest absolute Gasteiger partial charge is 0.269 e. The summed E-state index contributed by atoms with van der Waals surface area (Å²) in [4.78, 5) is 10.1. The number of non-ortho nitro benzene ring substituents is 1. The average Bonchev–Trinajstić information content (AvgIpc) is 2.43. The van der Waals surface area contributed by atoms with Crippen molar-refractivity contribution in [2.45, 2.75) is 13.5 Å². The number of ether oxygens (including phenoxy) is 1. The molecule has 0 spiro atoms. The molecule has 2 N–H and O–H groups in total. The lowest BCUT2D eigenvalue weighted by Crippen LogP contribution is -2.01. The molecule has 0 fully saturated rings. The van der Waals surface area contributed by atoms with Gasteiger partial charge in [0, 0.05) is 18.7 Å². The first-order chi connectivity index (χ1) is 9.92. The number of nitro groups is 1. The molecule has 0 radical (unpaired) electrons. The summed E-state index contributed by atoms with van der Waals surface area (Å²) in [5.41, 5.74) is 5.89. The zero-order valence-electron chi connectivity index (χ0n) is 11.1. The molecule has 0 aliphatic carbocycles. The van der Waals surface area contributed by atoms with Gasteiger partial charge in [0.2, 0.25) is 0 Å². The van der Waals surface area contributed by atoms with E-state index in [2.05, 4.69) is 0 Å². The molecule has 0 saturated carbocycles. The van der Waals surface area contributed by atoms with Gasteiger partial charge in [-0.3, -0.25) is 10.1 Å². The molecule has 0 atom stereocenters. The van der Waals surface area contributed by atoms with Crippen LogP contribution in [0.2, 0.25) is 0 Å². The number of aryl methyl sites for hydroxylation is 1. The molecule has 0 aliphatic rings. The Morgan fingerprint density at radius 1 is 1.24 bits per heavy atom. The first-order valence-corrected chi connectivity index (χ1v) is 6.03. The van der Waals surface area contributed by atoms with Gasteiger partial charge in [0.25, 0.3) is 5.69 Å². The Bertz CT molecular complexity index is 682. The van der Waals surface area contributed by atoms with E-state index >= 15 is 0 Å². The third-order valence-electron chi connectivity index (χ3n) is 2.88. The zero-order chi connectivity index (χ0) is 15.6. The van der Waals surface area contributed by atoms with Crippen LogP contribution in [0.3, 0.4) is 0 Å². The van der Waals surface area contributed by atoms with E-state index in [0.29, 0.717) is 11.1 Å². The van der Waals surface area contributed by atoms with E-state index in [1.165, 1.54) is 18.2 Å². The van der Waals surface area contributed by atoms with Crippen LogP contribution in [-0.4, -0.2) is 4.92 Å². The van der Waals surface area contributed by atoms with E-state index < -0.39 is 22.3 Å². The van der Waals surface area contributed by atoms with Crippen molar-refractivity contribution in [3.8, 4) is 11.5 Å². The summed E-state index contributed by atoms with van der Waals surface area (Å²) in [6.07, 6.45) is 0. The highest BCUT2D eigenvalue weighted by Gasteiger charge is 2.16. The molecule has 7 heteroatoms. The fraction of sp³-hybridized carbons (Fsp3) is 0.143. The van der Waals surface area contributed by atoms with E-state index in [1.807, 2.05) is 0 Å². The highest BCUT2D eigenvalue weighted by atomic mass is 19.1. The molecule has 0 aliphatic heterocycles. The van der Waals surface area contributed by atoms with Crippen molar-refractivity contribution in [1.82, 2.24) is 0 Å². The minimum Gasteiger partial charge on any atom is -0.451 e. The van der Waals surface area contributed by atoms with Crippen LogP contribution in [0.25, 0.3) is 0 Å². The molecule has 0 saturated heterocycles. The van der Waals surface area contributed by atoms with Crippen LogP contribution in [0, 0.1) is 28.7 Å². The van der Waals surface area contributed by atoms with E-state index in [9.17, 15) is 18.9 Å². The molecule has 0 heterocycles. The van der Waals surface area contributed by atoms with Crippen molar-refractivity contribution in [1.29, 1.82) is 0 Å². The van der Waals surface area contributed by atoms with Gasteiger partial charge in [0.1, 0.15) is 5.75 Å². The molecule has 0 unspecified atom stereocenters. The van der Waals surface area contributed by atoms with Gasteiger partial charge in [0.05, 0.1) is 4.92 Å². The van der Waals surface area contributed by atoms with Crippen LogP contribution in [0.15, 0.2) is 30.3 Å².